The average molecular weight is 478 g/mol. The molecule has 35 heavy (non-hydrogen) atoms. The second kappa shape index (κ2) is 9.60. The van der Waals surface area contributed by atoms with Crippen LogP contribution in [0.3, 0.4) is 0 Å². The Balaban J connectivity index is 1.46. The van der Waals surface area contributed by atoms with Gasteiger partial charge in [0.15, 0.2) is 11.5 Å². The quantitative estimate of drug-likeness (QED) is 0.635. The molecule has 3 amide bonds. The molecular formula is C27H31N3O5. The number of hydrogen-bond acceptors (Lipinski definition) is 5. The van der Waals surface area contributed by atoms with Crippen LogP contribution in [0.2, 0.25) is 0 Å². The van der Waals surface area contributed by atoms with Crippen molar-refractivity contribution in [2.24, 2.45) is 0 Å². The van der Waals surface area contributed by atoms with E-state index in [-0.39, 0.29) is 36.7 Å². The highest BCUT2D eigenvalue weighted by atomic mass is 16.5. The third kappa shape index (κ3) is 4.00. The molecule has 8 nitrogen and oxygen atoms in total. The summed E-state index contributed by atoms with van der Waals surface area (Å²) >= 11 is 0. The maximum absolute atomic E-state index is 13.7. The van der Waals surface area contributed by atoms with Crippen molar-refractivity contribution >= 4 is 23.4 Å². The van der Waals surface area contributed by atoms with E-state index in [4.69, 9.17) is 9.47 Å². The highest BCUT2D eigenvalue weighted by molar-refractivity contribution is 6.18. The lowest BCUT2D eigenvalue weighted by molar-refractivity contribution is -0.122. The summed E-state index contributed by atoms with van der Waals surface area (Å²) in [6.07, 6.45) is 6.22. The number of nitrogens with one attached hydrogen (secondary N) is 1. The number of rotatable bonds is 6. The van der Waals surface area contributed by atoms with E-state index in [0.29, 0.717) is 33.9 Å². The number of nitrogens with zero attached hydrogens (tertiary/aromatic N) is 2. The third-order valence-electron chi connectivity index (χ3n) is 7.28. The van der Waals surface area contributed by atoms with Crippen LogP contribution in [0.15, 0.2) is 36.4 Å². The van der Waals surface area contributed by atoms with Gasteiger partial charge in [-0.05, 0) is 31.0 Å². The number of anilines is 1. The summed E-state index contributed by atoms with van der Waals surface area (Å²) in [7, 11) is 3.02. The highest BCUT2D eigenvalue weighted by Gasteiger charge is 2.49. The summed E-state index contributed by atoms with van der Waals surface area (Å²) < 4.78 is 11.0. The van der Waals surface area contributed by atoms with E-state index < -0.39 is 6.17 Å². The van der Waals surface area contributed by atoms with Crippen molar-refractivity contribution in [3.05, 3.63) is 53.1 Å². The zero-order chi connectivity index (χ0) is 24.5. The number of fused-ring (bicyclic) bond motifs is 5. The normalized spacial score (nSPS) is 19.5. The van der Waals surface area contributed by atoms with Gasteiger partial charge in [0, 0.05) is 24.6 Å². The van der Waals surface area contributed by atoms with Gasteiger partial charge >= 0.3 is 0 Å². The van der Waals surface area contributed by atoms with Gasteiger partial charge < -0.3 is 19.7 Å². The number of benzene rings is 2. The zero-order valence-corrected chi connectivity index (χ0v) is 20.2. The Morgan fingerprint density at radius 2 is 1.71 bits per heavy atom. The molecule has 0 radical (unpaired) electrons. The molecule has 0 bridgehead atoms. The van der Waals surface area contributed by atoms with Crippen molar-refractivity contribution in [1.82, 2.24) is 10.2 Å². The largest absolute Gasteiger partial charge is 0.493 e. The summed E-state index contributed by atoms with van der Waals surface area (Å²) in [6, 6.07) is 10.8. The van der Waals surface area contributed by atoms with Gasteiger partial charge in [0.05, 0.1) is 31.0 Å². The van der Waals surface area contributed by atoms with Crippen LogP contribution in [0.4, 0.5) is 5.69 Å². The molecular weight excluding hydrogens is 446 g/mol. The molecule has 2 heterocycles. The molecule has 1 fully saturated rings. The molecule has 0 aromatic heterocycles. The summed E-state index contributed by atoms with van der Waals surface area (Å²) in [5, 5.41) is 3.16. The van der Waals surface area contributed by atoms with Crippen LogP contribution in [-0.4, -0.2) is 49.4 Å². The number of para-hydroxylation sites is 1. The van der Waals surface area contributed by atoms with Gasteiger partial charge in [-0.3, -0.25) is 19.3 Å². The molecule has 0 saturated heterocycles. The molecule has 1 unspecified atom stereocenters. The fourth-order valence-electron chi connectivity index (χ4n) is 5.60. The molecule has 1 aliphatic carbocycles. The molecule has 2 aromatic rings. The smallest absolute Gasteiger partial charge is 0.264 e. The minimum atomic E-state index is -0.648. The van der Waals surface area contributed by atoms with Gasteiger partial charge in [-0.15, -0.1) is 0 Å². The van der Waals surface area contributed by atoms with Crippen LogP contribution < -0.4 is 19.7 Å². The van der Waals surface area contributed by atoms with E-state index in [1.807, 2.05) is 6.07 Å². The molecule has 5 rings (SSSR count). The summed E-state index contributed by atoms with van der Waals surface area (Å²) in [4.78, 5) is 43.4. The molecule has 1 saturated carbocycles. The lowest BCUT2D eigenvalue weighted by Gasteiger charge is -2.40. The van der Waals surface area contributed by atoms with Crippen LogP contribution in [0, 0.1) is 0 Å². The predicted octanol–water partition coefficient (Wildman–Crippen LogP) is 4.05. The highest BCUT2D eigenvalue weighted by Crippen LogP contribution is 2.49. The van der Waals surface area contributed by atoms with Crippen LogP contribution in [0.1, 0.15) is 77.4 Å². The number of hydrogen-bond donors (Lipinski definition) is 1. The Hall–Kier alpha value is -3.55. The lowest BCUT2D eigenvalue weighted by Crippen LogP contribution is -2.49. The van der Waals surface area contributed by atoms with Crippen molar-refractivity contribution in [3.8, 4) is 11.5 Å². The van der Waals surface area contributed by atoms with Crippen molar-refractivity contribution in [2.45, 2.75) is 57.2 Å². The Kier molecular flexibility index (Phi) is 6.36. The summed E-state index contributed by atoms with van der Waals surface area (Å²) in [5.74, 6) is 0.286. The molecule has 3 aliphatic rings. The van der Waals surface area contributed by atoms with E-state index in [0.717, 1.165) is 25.7 Å². The Labute approximate surface area is 205 Å². The molecule has 2 aliphatic heterocycles. The number of amides is 3. The van der Waals surface area contributed by atoms with Gasteiger partial charge in [0.25, 0.3) is 11.8 Å². The molecule has 1 atom stereocenters. The van der Waals surface area contributed by atoms with Gasteiger partial charge in [-0.25, -0.2) is 0 Å². The Morgan fingerprint density at radius 3 is 2.43 bits per heavy atom. The Morgan fingerprint density at radius 1 is 0.971 bits per heavy atom. The monoisotopic (exact) mass is 477 g/mol. The van der Waals surface area contributed by atoms with Gasteiger partial charge in [-0.1, -0.05) is 43.9 Å². The second-order valence-electron chi connectivity index (χ2n) is 9.34. The number of ether oxygens (including phenoxy) is 2. The van der Waals surface area contributed by atoms with E-state index in [9.17, 15) is 14.4 Å². The third-order valence-corrected chi connectivity index (χ3v) is 7.28. The first kappa shape index (κ1) is 23.2. The average Bonchev–Trinajstić information content (AvgIpc) is 3.01. The van der Waals surface area contributed by atoms with E-state index in [1.165, 1.54) is 27.1 Å². The number of methoxy groups -OCH3 is 2. The second-order valence-corrected chi connectivity index (χ2v) is 9.34. The van der Waals surface area contributed by atoms with Crippen molar-refractivity contribution in [2.75, 3.05) is 25.7 Å². The molecule has 1 N–H and O–H groups in total. The maximum Gasteiger partial charge on any atom is 0.264 e. The number of carbonyl (C=O) groups is 3. The first-order chi connectivity index (χ1) is 17.0. The van der Waals surface area contributed by atoms with E-state index >= 15 is 0 Å². The molecule has 2 aromatic carbocycles. The van der Waals surface area contributed by atoms with E-state index in [1.54, 1.807) is 40.1 Å². The van der Waals surface area contributed by atoms with Crippen LogP contribution in [0.5, 0.6) is 11.5 Å². The lowest BCUT2D eigenvalue weighted by atomic mass is 10.0. The van der Waals surface area contributed by atoms with Crippen molar-refractivity contribution < 1.29 is 23.9 Å². The summed E-state index contributed by atoms with van der Waals surface area (Å²) in [5.41, 5.74) is 2.05. The molecule has 184 valence electrons. The first-order valence-electron chi connectivity index (χ1n) is 12.3. The van der Waals surface area contributed by atoms with Crippen LogP contribution >= 0.6 is 0 Å². The molecule has 0 spiro atoms. The van der Waals surface area contributed by atoms with Gasteiger partial charge in [0.2, 0.25) is 5.91 Å². The fourth-order valence-corrected chi connectivity index (χ4v) is 5.60. The fraction of sp³-hybridized carbons (Fsp3) is 0.444. The standard InChI is InChI=1S/C27H31N3O5/c1-34-21-14-13-19-23(24(21)35-2)27(33)30-20-12-8-7-11-18(20)26(32)29(25(19)30)16-15-22(31)28-17-9-5-3-4-6-10-17/h7-8,11-14,17,25H,3-6,9-10,15-16H2,1-2H3,(H,28,31). The van der Waals surface area contributed by atoms with Crippen LogP contribution in [0.25, 0.3) is 0 Å². The Bertz CT molecular complexity index is 1160. The zero-order valence-electron chi connectivity index (χ0n) is 20.2. The van der Waals surface area contributed by atoms with Crippen molar-refractivity contribution in [3.63, 3.8) is 0 Å². The van der Waals surface area contributed by atoms with Gasteiger partial charge in [-0.2, -0.15) is 0 Å². The molecule has 8 heteroatoms. The SMILES string of the molecule is COc1ccc2c(c1OC)C(=O)N1c3ccccc3C(=O)N(CCC(=O)NC3CCCCCC3)C21. The van der Waals surface area contributed by atoms with E-state index in [2.05, 4.69) is 5.32 Å². The van der Waals surface area contributed by atoms with Crippen molar-refractivity contribution in [1.29, 1.82) is 0 Å². The predicted molar refractivity (Wildman–Crippen MR) is 131 cm³/mol. The topological polar surface area (TPSA) is 88.2 Å². The number of carbonyl (C=O) groups excluding carboxylic acids is 3. The van der Waals surface area contributed by atoms with Gasteiger partial charge in [0.1, 0.15) is 6.17 Å². The summed E-state index contributed by atoms with van der Waals surface area (Å²) in [6.45, 7) is 0.202. The minimum Gasteiger partial charge on any atom is -0.493 e. The van der Waals surface area contributed by atoms with Crippen LogP contribution in [-0.2, 0) is 4.79 Å². The minimum absolute atomic E-state index is 0.0630. The maximum atomic E-state index is 13.7. The first-order valence-corrected chi connectivity index (χ1v) is 12.3.